The van der Waals surface area contributed by atoms with Gasteiger partial charge >= 0.3 is 0 Å². The summed E-state index contributed by atoms with van der Waals surface area (Å²) in [6.45, 7) is 8.81. The molecule has 0 saturated carbocycles. The Morgan fingerprint density at radius 2 is 1.67 bits per heavy atom. The molecule has 140 valence electrons. The normalized spacial score (nSPS) is 11.3. The van der Waals surface area contributed by atoms with Crippen LogP contribution in [0.1, 0.15) is 37.6 Å². The molecule has 3 rings (SSSR count). The van der Waals surface area contributed by atoms with Crippen molar-refractivity contribution in [1.82, 2.24) is 9.97 Å². The van der Waals surface area contributed by atoms with Gasteiger partial charge in [-0.3, -0.25) is 0 Å². The van der Waals surface area contributed by atoms with Gasteiger partial charge < -0.3 is 10.6 Å². The molecule has 0 aliphatic rings. The fourth-order valence-corrected chi connectivity index (χ4v) is 2.73. The van der Waals surface area contributed by atoms with E-state index < -0.39 is 0 Å². The molecule has 2 aromatic carbocycles. The van der Waals surface area contributed by atoms with Crippen molar-refractivity contribution in [2.24, 2.45) is 0 Å². The van der Waals surface area contributed by atoms with E-state index in [1.807, 2.05) is 31.2 Å². The lowest BCUT2D eigenvalue weighted by Gasteiger charge is -2.19. The highest BCUT2D eigenvalue weighted by Gasteiger charge is 2.13. The third-order valence-corrected chi connectivity index (χ3v) is 4.27. The van der Waals surface area contributed by atoms with Crippen LogP contribution in [0.4, 0.5) is 21.8 Å². The first kappa shape index (κ1) is 18.8. The molecule has 4 nitrogen and oxygen atoms in total. The van der Waals surface area contributed by atoms with Crippen molar-refractivity contribution in [3.63, 3.8) is 0 Å². The van der Waals surface area contributed by atoms with E-state index >= 15 is 0 Å². The van der Waals surface area contributed by atoms with E-state index in [1.165, 1.54) is 11.6 Å². The molecule has 0 unspecified atom stereocenters. The highest BCUT2D eigenvalue weighted by atomic mass is 19.1. The average Bonchev–Trinajstić information content (AvgIpc) is 2.60. The Morgan fingerprint density at radius 1 is 0.963 bits per heavy atom. The van der Waals surface area contributed by atoms with E-state index in [-0.39, 0.29) is 11.2 Å². The van der Waals surface area contributed by atoms with E-state index in [0.29, 0.717) is 23.9 Å². The molecule has 0 fully saturated rings. The second kappa shape index (κ2) is 7.74. The highest BCUT2D eigenvalue weighted by molar-refractivity contribution is 5.58. The minimum absolute atomic E-state index is 0.119. The van der Waals surface area contributed by atoms with Crippen molar-refractivity contribution in [3.8, 4) is 0 Å². The lowest BCUT2D eigenvalue weighted by molar-refractivity contribution is 0.590. The number of anilines is 3. The molecule has 0 aliphatic heterocycles. The Kier molecular flexibility index (Phi) is 5.40. The Hall–Kier alpha value is -2.95. The fourth-order valence-electron chi connectivity index (χ4n) is 2.73. The molecular formula is C22H25FN4. The molecule has 3 aromatic rings. The van der Waals surface area contributed by atoms with E-state index in [4.69, 9.17) is 0 Å². The lowest BCUT2D eigenvalue weighted by Crippen LogP contribution is -2.10. The minimum atomic E-state index is -0.241. The number of nitrogens with zero attached hydrogens (tertiary/aromatic N) is 2. The quantitative estimate of drug-likeness (QED) is 0.621. The first-order valence-electron chi connectivity index (χ1n) is 9.02. The maximum atomic E-state index is 13.8. The molecule has 0 amide bonds. The average molecular weight is 364 g/mol. The van der Waals surface area contributed by atoms with Gasteiger partial charge in [0.2, 0.25) is 5.95 Å². The fraction of sp³-hybridized carbons (Fsp3) is 0.273. The summed E-state index contributed by atoms with van der Waals surface area (Å²) in [5, 5.41) is 6.40. The molecule has 0 radical (unpaired) electrons. The molecule has 0 saturated heterocycles. The van der Waals surface area contributed by atoms with Gasteiger partial charge in [0.15, 0.2) is 0 Å². The van der Waals surface area contributed by atoms with Gasteiger partial charge in [-0.1, -0.05) is 51.1 Å². The maximum absolute atomic E-state index is 13.8. The molecule has 0 bridgehead atoms. The van der Waals surface area contributed by atoms with Crippen LogP contribution < -0.4 is 10.6 Å². The van der Waals surface area contributed by atoms with Gasteiger partial charge in [0.1, 0.15) is 11.6 Å². The van der Waals surface area contributed by atoms with Gasteiger partial charge in [-0.25, -0.2) is 9.37 Å². The van der Waals surface area contributed by atoms with Gasteiger partial charge in [-0.2, -0.15) is 4.98 Å². The van der Waals surface area contributed by atoms with Crippen LogP contribution >= 0.6 is 0 Å². The third kappa shape index (κ3) is 5.03. The number of aryl methyl sites for hydroxylation is 1. The first-order chi connectivity index (χ1) is 12.8. The summed E-state index contributed by atoms with van der Waals surface area (Å²) in [5.74, 6) is 0.920. The second-order valence-corrected chi connectivity index (χ2v) is 7.62. The zero-order chi connectivity index (χ0) is 19.4. The second-order valence-electron chi connectivity index (χ2n) is 7.62. The Balaban J connectivity index is 1.72. The predicted molar refractivity (Wildman–Crippen MR) is 109 cm³/mol. The number of hydrogen-bond donors (Lipinski definition) is 2. The smallest absolute Gasteiger partial charge is 0.225 e. The molecule has 0 atom stereocenters. The van der Waals surface area contributed by atoms with Gasteiger partial charge in [0.05, 0.1) is 0 Å². The molecule has 5 heteroatoms. The number of nitrogens with one attached hydrogen (secondary N) is 2. The highest BCUT2D eigenvalue weighted by Crippen LogP contribution is 2.25. The van der Waals surface area contributed by atoms with E-state index in [2.05, 4.69) is 53.5 Å². The molecular weight excluding hydrogens is 339 g/mol. The molecule has 2 N–H and O–H groups in total. The van der Waals surface area contributed by atoms with Crippen molar-refractivity contribution in [2.45, 2.75) is 39.7 Å². The largest absolute Gasteiger partial charge is 0.350 e. The summed E-state index contributed by atoms with van der Waals surface area (Å²) >= 11 is 0. The maximum Gasteiger partial charge on any atom is 0.225 e. The van der Waals surface area contributed by atoms with Crippen LogP contribution in [-0.2, 0) is 12.0 Å². The topological polar surface area (TPSA) is 49.8 Å². The van der Waals surface area contributed by atoms with E-state index in [1.54, 1.807) is 12.1 Å². The zero-order valence-electron chi connectivity index (χ0n) is 16.2. The van der Waals surface area contributed by atoms with E-state index in [0.717, 1.165) is 11.4 Å². The van der Waals surface area contributed by atoms with Crippen LogP contribution in [-0.4, -0.2) is 9.97 Å². The van der Waals surface area contributed by atoms with Gasteiger partial charge in [-0.15, -0.1) is 0 Å². The van der Waals surface area contributed by atoms with Gasteiger partial charge in [0.25, 0.3) is 0 Å². The molecule has 1 heterocycles. The monoisotopic (exact) mass is 364 g/mol. The van der Waals surface area contributed by atoms with Crippen molar-refractivity contribution >= 4 is 17.5 Å². The summed E-state index contributed by atoms with van der Waals surface area (Å²) in [6.07, 6.45) is 0. The Labute approximate surface area is 159 Å². The van der Waals surface area contributed by atoms with Crippen LogP contribution in [0.2, 0.25) is 0 Å². The summed E-state index contributed by atoms with van der Waals surface area (Å²) in [4.78, 5) is 8.87. The van der Waals surface area contributed by atoms with Gasteiger partial charge in [-0.05, 0) is 36.1 Å². The summed E-state index contributed by atoms with van der Waals surface area (Å²) in [5.41, 5.74) is 3.76. The van der Waals surface area contributed by atoms with Crippen molar-refractivity contribution in [1.29, 1.82) is 0 Å². The van der Waals surface area contributed by atoms with Crippen molar-refractivity contribution < 1.29 is 4.39 Å². The number of halogens is 1. The van der Waals surface area contributed by atoms with Crippen molar-refractivity contribution in [2.75, 3.05) is 10.6 Å². The van der Waals surface area contributed by atoms with Crippen LogP contribution in [0.25, 0.3) is 0 Å². The number of benzene rings is 2. The molecule has 27 heavy (non-hydrogen) atoms. The van der Waals surface area contributed by atoms with Crippen LogP contribution in [0, 0.1) is 12.7 Å². The van der Waals surface area contributed by atoms with Crippen LogP contribution in [0.3, 0.4) is 0 Å². The molecule has 0 spiro atoms. The van der Waals surface area contributed by atoms with Crippen molar-refractivity contribution in [3.05, 3.63) is 77.2 Å². The molecule has 1 aromatic heterocycles. The standard InChI is InChI=1S/C22H25FN4/c1-15-13-20(26-18-11-9-17(10-12-18)22(2,3)4)27-21(25-15)24-14-16-7-5-6-8-19(16)23/h5-13H,14H2,1-4H3,(H2,24,25,26,27). The number of hydrogen-bond acceptors (Lipinski definition) is 4. The summed E-state index contributed by atoms with van der Waals surface area (Å²) in [6, 6.07) is 16.9. The lowest BCUT2D eigenvalue weighted by atomic mass is 9.87. The number of rotatable bonds is 5. The molecule has 0 aliphatic carbocycles. The van der Waals surface area contributed by atoms with Gasteiger partial charge in [0, 0.05) is 29.6 Å². The van der Waals surface area contributed by atoms with Crippen LogP contribution in [0.5, 0.6) is 0 Å². The Morgan fingerprint density at radius 3 is 2.33 bits per heavy atom. The summed E-state index contributed by atoms with van der Waals surface area (Å²) < 4.78 is 13.8. The zero-order valence-corrected chi connectivity index (χ0v) is 16.2. The first-order valence-corrected chi connectivity index (χ1v) is 9.02. The third-order valence-electron chi connectivity index (χ3n) is 4.27. The summed E-state index contributed by atoms with van der Waals surface area (Å²) in [7, 11) is 0. The predicted octanol–water partition coefficient (Wildman–Crippen LogP) is 5.58. The van der Waals surface area contributed by atoms with Crippen LogP contribution in [0.15, 0.2) is 54.6 Å². The van der Waals surface area contributed by atoms with E-state index in [9.17, 15) is 4.39 Å². The SMILES string of the molecule is Cc1cc(Nc2ccc(C(C)(C)C)cc2)nc(NCc2ccccc2F)n1. The number of aromatic nitrogens is 2. The Bertz CT molecular complexity index is 914. The minimum Gasteiger partial charge on any atom is -0.350 e.